The van der Waals surface area contributed by atoms with Crippen LogP contribution in [0.5, 0.6) is 11.5 Å². The minimum Gasteiger partial charge on any atom is -0.491 e. The Labute approximate surface area is 327 Å². The van der Waals surface area contributed by atoms with E-state index in [1.807, 2.05) is 12.2 Å². The summed E-state index contributed by atoms with van der Waals surface area (Å²) in [5, 5.41) is 19.9. The molecule has 0 aromatic heterocycles. The summed E-state index contributed by atoms with van der Waals surface area (Å²) >= 11 is 0. The van der Waals surface area contributed by atoms with Crippen molar-refractivity contribution in [2.24, 2.45) is 33.2 Å². The van der Waals surface area contributed by atoms with Crippen LogP contribution in [-0.2, 0) is 4.74 Å². The van der Waals surface area contributed by atoms with Gasteiger partial charge in [-0.2, -0.15) is 5.10 Å². The molecule has 0 bridgehead atoms. The molecule has 0 heterocycles. The van der Waals surface area contributed by atoms with Crippen molar-refractivity contribution in [2.45, 2.75) is 39.2 Å². The number of nitrogens with two attached hydrogens (primary N) is 5. The van der Waals surface area contributed by atoms with Crippen molar-refractivity contribution in [3.8, 4) is 11.5 Å². The molecule has 0 unspecified atom stereocenters. The van der Waals surface area contributed by atoms with Gasteiger partial charge in [-0.3, -0.25) is 19.9 Å². The number of nitrogen functional groups attached to an aromatic ring is 1. The fourth-order valence-electron chi connectivity index (χ4n) is 4.73. The third-order valence-electron chi connectivity index (χ3n) is 7.36. The normalized spacial score (nSPS) is 12.1. The molecule has 19 nitrogen and oxygen atoms in total. The number of hydrazine groups is 1. The SMILES string of the molecule is CNC(=O)c1cc(NC)c(NC/C=C/CNc2c(N)cc(C(N)=O)cc2OCCC/C(=N/N)N(C)N)c(OC/C=C/CN=C/C(=C\N)NC(=O)OC(C)(C)C)c1. The molecule has 2 aromatic rings. The molecule has 15 N–H and O–H groups in total. The quantitative estimate of drug-likeness (QED) is 0.0166. The molecule has 56 heavy (non-hydrogen) atoms. The van der Waals surface area contributed by atoms with Gasteiger partial charge in [0.25, 0.3) is 5.91 Å². The highest BCUT2D eigenvalue weighted by Gasteiger charge is 2.17. The third kappa shape index (κ3) is 15.8. The summed E-state index contributed by atoms with van der Waals surface area (Å²) in [4.78, 5) is 40.7. The number of carbonyl (C=O) groups is 3. The third-order valence-corrected chi connectivity index (χ3v) is 7.36. The Bertz CT molecular complexity index is 1780. The van der Waals surface area contributed by atoms with Gasteiger partial charge in [-0.05, 0) is 57.5 Å². The number of allylic oxidation sites excluding steroid dienone is 1. The number of benzene rings is 2. The fraction of sp³-hybridized carbons (Fsp3) is 0.378. The minimum absolute atomic E-state index is 0.173. The van der Waals surface area contributed by atoms with Crippen molar-refractivity contribution in [1.82, 2.24) is 15.6 Å². The zero-order chi connectivity index (χ0) is 41.7. The van der Waals surface area contributed by atoms with Crippen LogP contribution < -0.4 is 64.9 Å². The summed E-state index contributed by atoms with van der Waals surface area (Å²) in [6, 6.07) is 6.39. The van der Waals surface area contributed by atoms with Crippen LogP contribution in [0, 0.1) is 0 Å². The molecule has 0 atom stereocenters. The predicted molar refractivity (Wildman–Crippen MR) is 223 cm³/mol. The van der Waals surface area contributed by atoms with Crippen molar-refractivity contribution in [2.75, 3.05) is 75.7 Å². The standard InChI is InChI=1S/C37H57N13O6/c1-37(2,3)56-36(53)48-26(22-38)23-45-13-9-10-16-54-30-21-25(35(52)44-5)19-28(43-4)33(30)47-15-8-7-14-46-32-27(39)18-24(34(40)51)20-29(32)55-17-11-12-31(49-41)50(6)42/h7-10,18-23,43,46-47H,11-17,38-39,41-42H2,1-6H3,(H2,40,51)(H,44,52)(H,48,53)/b8-7+,10-9+,26-22+,45-23?,49-31-. The maximum absolute atomic E-state index is 12.5. The molecular weight excluding hydrogens is 722 g/mol. The lowest BCUT2D eigenvalue weighted by molar-refractivity contribution is 0.0548. The first-order valence-electron chi connectivity index (χ1n) is 17.6. The molecule has 0 saturated carbocycles. The van der Waals surface area contributed by atoms with Crippen LogP contribution in [0.1, 0.15) is 54.3 Å². The van der Waals surface area contributed by atoms with Crippen molar-refractivity contribution >= 4 is 52.7 Å². The second-order valence-corrected chi connectivity index (χ2v) is 12.9. The van der Waals surface area contributed by atoms with E-state index >= 15 is 0 Å². The van der Waals surface area contributed by atoms with Gasteiger partial charge >= 0.3 is 6.09 Å². The number of rotatable bonds is 21. The Balaban J connectivity index is 2.09. The van der Waals surface area contributed by atoms with Gasteiger partial charge < -0.3 is 63.5 Å². The van der Waals surface area contributed by atoms with Crippen LogP contribution in [0.3, 0.4) is 0 Å². The summed E-state index contributed by atoms with van der Waals surface area (Å²) in [7, 11) is 4.93. The molecular formula is C37H57N13O6. The van der Waals surface area contributed by atoms with Gasteiger partial charge in [0.15, 0.2) is 0 Å². The molecule has 0 aliphatic carbocycles. The highest BCUT2D eigenvalue weighted by atomic mass is 16.6. The number of nitrogens with one attached hydrogen (secondary N) is 5. The molecule has 0 aliphatic heterocycles. The van der Waals surface area contributed by atoms with Crippen LogP contribution in [0.15, 0.2) is 70.6 Å². The molecule has 0 saturated heterocycles. The van der Waals surface area contributed by atoms with E-state index in [9.17, 15) is 14.4 Å². The molecule has 306 valence electrons. The van der Waals surface area contributed by atoms with E-state index in [2.05, 4.69) is 36.7 Å². The minimum atomic E-state index is -0.655. The maximum Gasteiger partial charge on any atom is 0.412 e. The van der Waals surface area contributed by atoms with Crippen molar-refractivity contribution < 1.29 is 28.6 Å². The van der Waals surface area contributed by atoms with Crippen LogP contribution in [0.25, 0.3) is 0 Å². The highest BCUT2D eigenvalue weighted by molar-refractivity contribution is 5.98. The first-order chi connectivity index (χ1) is 26.6. The van der Waals surface area contributed by atoms with Crippen LogP contribution in [-0.4, -0.2) is 94.6 Å². The van der Waals surface area contributed by atoms with E-state index in [-0.39, 0.29) is 36.9 Å². The smallest absolute Gasteiger partial charge is 0.412 e. The first-order valence-corrected chi connectivity index (χ1v) is 17.6. The van der Waals surface area contributed by atoms with Crippen molar-refractivity contribution in [3.05, 3.63) is 71.6 Å². The number of alkyl carbamates (subject to hydrolysis) is 1. The monoisotopic (exact) mass is 779 g/mol. The number of aliphatic imine (C=N–C) groups is 1. The number of ether oxygens (including phenoxy) is 3. The molecule has 0 fully saturated rings. The Morgan fingerprint density at radius 3 is 2.18 bits per heavy atom. The second-order valence-electron chi connectivity index (χ2n) is 12.9. The number of primary amides is 1. The van der Waals surface area contributed by atoms with Gasteiger partial charge in [0.05, 0.1) is 30.2 Å². The zero-order valence-corrected chi connectivity index (χ0v) is 32.9. The molecule has 2 aromatic carbocycles. The van der Waals surface area contributed by atoms with E-state index in [1.54, 1.807) is 66.2 Å². The number of hydrogen-bond acceptors (Lipinski definition) is 15. The fourth-order valence-corrected chi connectivity index (χ4v) is 4.73. The predicted octanol–water partition coefficient (Wildman–Crippen LogP) is 2.42. The van der Waals surface area contributed by atoms with Crippen LogP contribution in [0.2, 0.25) is 0 Å². The Hall–Kier alpha value is -6.63. The van der Waals surface area contributed by atoms with Gasteiger partial charge in [-0.15, -0.1) is 0 Å². The maximum atomic E-state index is 12.5. The summed E-state index contributed by atoms with van der Waals surface area (Å²) in [6.07, 6.45) is 10.3. The number of amidine groups is 1. The average Bonchev–Trinajstić information content (AvgIpc) is 3.14. The number of amides is 3. The number of anilines is 4. The lowest BCUT2D eigenvalue weighted by Gasteiger charge is -2.19. The summed E-state index contributed by atoms with van der Waals surface area (Å²) in [5.41, 5.74) is 19.7. The Kier molecular flexibility index (Phi) is 18.9. The highest BCUT2D eigenvalue weighted by Crippen LogP contribution is 2.35. The van der Waals surface area contributed by atoms with Gasteiger partial charge in [0, 0.05) is 64.2 Å². The molecule has 0 aliphatic rings. The number of hydrogen-bond donors (Lipinski definition) is 10. The van der Waals surface area contributed by atoms with E-state index in [0.29, 0.717) is 71.6 Å². The molecule has 2 rings (SSSR count). The summed E-state index contributed by atoms with van der Waals surface area (Å²) in [5.74, 6) is 11.5. The summed E-state index contributed by atoms with van der Waals surface area (Å²) in [6.45, 7) is 6.76. The van der Waals surface area contributed by atoms with Crippen molar-refractivity contribution in [1.29, 1.82) is 0 Å². The molecule has 3 amide bonds. The van der Waals surface area contributed by atoms with Gasteiger partial charge in [0.1, 0.15) is 40.9 Å². The molecule has 0 spiro atoms. The average molecular weight is 780 g/mol. The van der Waals surface area contributed by atoms with E-state index in [1.165, 1.54) is 29.6 Å². The number of carbonyl (C=O) groups excluding carboxylic acids is 3. The van der Waals surface area contributed by atoms with Gasteiger partial charge in [-0.25, -0.2) is 10.6 Å². The van der Waals surface area contributed by atoms with E-state index in [0.717, 1.165) is 0 Å². The lowest BCUT2D eigenvalue weighted by atomic mass is 10.1. The number of nitrogens with zero attached hydrogens (tertiary/aromatic N) is 3. The number of hydrazone groups is 1. The van der Waals surface area contributed by atoms with Crippen LogP contribution in [0.4, 0.5) is 27.5 Å². The van der Waals surface area contributed by atoms with Gasteiger partial charge in [-0.1, -0.05) is 18.2 Å². The van der Waals surface area contributed by atoms with E-state index in [4.69, 9.17) is 43.1 Å². The molecule has 0 radical (unpaired) electrons. The van der Waals surface area contributed by atoms with Crippen LogP contribution >= 0.6 is 0 Å². The van der Waals surface area contributed by atoms with Crippen molar-refractivity contribution in [3.63, 3.8) is 0 Å². The second kappa shape index (κ2) is 23.2. The van der Waals surface area contributed by atoms with Gasteiger partial charge in [0.2, 0.25) is 5.91 Å². The topological polar surface area (TPSA) is 297 Å². The lowest BCUT2D eigenvalue weighted by Crippen LogP contribution is -2.34. The zero-order valence-electron chi connectivity index (χ0n) is 32.9. The van der Waals surface area contributed by atoms with E-state index < -0.39 is 17.6 Å². The first kappa shape index (κ1) is 45.5. The Morgan fingerprint density at radius 1 is 0.929 bits per heavy atom. The Morgan fingerprint density at radius 2 is 1.59 bits per heavy atom. The largest absolute Gasteiger partial charge is 0.491 e. The molecule has 19 heteroatoms. The summed E-state index contributed by atoms with van der Waals surface area (Å²) < 4.78 is 17.3.